The summed E-state index contributed by atoms with van der Waals surface area (Å²) in [4.78, 5) is 17.0. The summed E-state index contributed by atoms with van der Waals surface area (Å²) < 4.78 is 39.0. The Hall–Kier alpha value is -3.67. The first-order valence-corrected chi connectivity index (χ1v) is 9.68. The summed E-state index contributed by atoms with van der Waals surface area (Å²) in [6.07, 6.45) is -4.39. The number of hydrogen-bond acceptors (Lipinski definition) is 2. The van der Waals surface area contributed by atoms with Crippen LogP contribution in [0.15, 0.2) is 72.8 Å². The highest BCUT2D eigenvalue weighted by Gasteiger charge is 2.30. The zero-order valence-corrected chi connectivity index (χ0v) is 16.9. The van der Waals surface area contributed by atoms with Gasteiger partial charge in [-0.05, 0) is 84.6 Å². The average Bonchev–Trinajstić information content (AvgIpc) is 2.74. The maximum Gasteiger partial charge on any atom is 0.416 e. The van der Waals surface area contributed by atoms with Gasteiger partial charge in [-0.15, -0.1) is 0 Å². The molecule has 0 atom stereocenters. The van der Waals surface area contributed by atoms with Gasteiger partial charge in [-0.1, -0.05) is 24.3 Å². The predicted octanol–water partition coefficient (Wildman–Crippen LogP) is 6.79. The van der Waals surface area contributed by atoms with Crippen molar-refractivity contribution < 1.29 is 18.0 Å². The molecule has 0 unspecified atom stereocenters. The lowest BCUT2D eigenvalue weighted by Crippen LogP contribution is -2.13. The van der Waals surface area contributed by atoms with Crippen molar-refractivity contribution in [2.45, 2.75) is 20.0 Å². The van der Waals surface area contributed by atoms with E-state index in [2.05, 4.69) is 10.3 Å². The number of aryl methyl sites for hydroxylation is 2. The number of amides is 1. The molecule has 0 saturated heterocycles. The van der Waals surface area contributed by atoms with E-state index in [9.17, 15) is 18.0 Å². The number of nitrogens with one attached hydrogen (secondary N) is 1. The van der Waals surface area contributed by atoms with Crippen LogP contribution in [0.1, 0.15) is 27.0 Å². The smallest absolute Gasteiger partial charge is 0.307 e. The standard InChI is InChI=1S/C25H19F3N2O/c1-15-6-7-20(12-16(15)2)24(31)30-23-11-9-19-13-18(8-10-22(19)29-23)17-4-3-5-21(14-17)25(26,27)28/h3-14H,1-2H3,(H,29,30,31). The highest BCUT2D eigenvalue weighted by molar-refractivity contribution is 6.04. The number of aromatic nitrogens is 1. The lowest BCUT2D eigenvalue weighted by atomic mass is 10.0. The van der Waals surface area contributed by atoms with Gasteiger partial charge in [0.15, 0.2) is 0 Å². The van der Waals surface area contributed by atoms with Crippen molar-refractivity contribution in [1.29, 1.82) is 0 Å². The molecule has 0 bridgehead atoms. The molecule has 1 N–H and O–H groups in total. The first-order valence-electron chi connectivity index (χ1n) is 9.68. The van der Waals surface area contributed by atoms with Crippen LogP contribution >= 0.6 is 0 Å². The Kier molecular flexibility index (Phi) is 5.23. The molecule has 0 saturated carbocycles. The first kappa shape index (κ1) is 20.6. The highest BCUT2D eigenvalue weighted by atomic mass is 19.4. The fraction of sp³-hybridized carbons (Fsp3) is 0.120. The molecule has 0 spiro atoms. The minimum absolute atomic E-state index is 0.254. The van der Waals surface area contributed by atoms with Crippen molar-refractivity contribution >= 4 is 22.6 Å². The van der Waals surface area contributed by atoms with Crippen LogP contribution < -0.4 is 5.32 Å². The monoisotopic (exact) mass is 420 g/mol. The summed E-state index contributed by atoms with van der Waals surface area (Å²) in [5, 5.41) is 3.56. The largest absolute Gasteiger partial charge is 0.416 e. The quantitative estimate of drug-likeness (QED) is 0.396. The number of rotatable bonds is 3. The molecule has 0 fully saturated rings. The molecular weight excluding hydrogens is 401 g/mol. The maximum absolute atomic E-state index is 13.0. The molecule has 1 amide bonds. The number of nitrogens with zero attached hydrogens (tertiary/aromatic N) is 1. The van der Waals surface area contributed by atoms with Gasteiger partial charge >= 0.3 is 6.18 Å². The van der Waals surface area contributed by atoms with Crippen molar-refractivity contribution in [2.24, 2.45) is 0 Å². The van der Waals surface area contributed by atoms with E-state index in [0.717, 1.165) is 28.6 Å². The molecule has 0 aliphatic rings. The van der Waals surface area contributed by atoms with Crippen LogP contribution in [0.5, 0.6) is 0 Å². The van der Waals surface area contributed by atoms with Crippen LogP contribution in [0.2, 0.25) is 0 Å². The Labute approximate surface area is 177 Å². The fourth-order valence-corrected chi connectivity index (χ4v) is 3.32. The number of hydrogen-bond donors (Lipinski definition) is 1. The van der Waals surface area contributed by atoms with E-state index >= 15 is 0 Å². The summed E-state index contributed by atoms with van der Waals surface area (Å²) in [7, 11) is 0. The Morgan fingerprint density at radius 2 is 1.61 bits per heavy atom. The molecule has 0 radical (unpaired) electrons. The molecule has 1 heterocycles. The summed E-state index contributed by atoms with van der Waals surface area (Å²) >= 11 is 0. The number of pyridine rings is 1. The summed E-state index contributed by atoms with van der Waals surface area (Å²) in [6, 6.07) is 19.4. The predicted molar refractivity (Wildman–Crippen MR) is 116 cm³/mol. The number of fused-ring (bicyclic) bond motifs is 1. The number of carbonyl (C=O) groups excluding carboxylic acids is 1. The van der Waals surface area contributed by atoms with Crippen LogP contribution in [0.3, 0.4) is 0 Å². The third-order valence-electron chi connectivity index (χ3n) is 5.22. The molecule has 3 nitrogen and oxygen atoms in total. The molecule has 1 aromatic heterocycles. The number of benzene rings is 3. The Balaban J connectivity index is 1.60. The van der Waals surface area contributed by atoms with Gasteiger partial charge in [0, 0.05) is 10.9 Å². The molecule has 0 aliphatic heterocycles. The molecule has 31 heavy (non-hydrogen) atoms. The zero-order valence-electron chi connectivity index (χ0n) is 16.9. The number of alkyl halides is 3. The van der Waals surface area contributed by atoms with Gasteiger partial charge in [-0.25, -0.2) is 4.98 Å². The van der Waals surface area contributed by atoms with Crippen molar-refractivity contribution in [2.75, 3.05) is 5.32 Å². The second-order valence-corrected chi connectivity index (χ2v) is 7.44. The number of anilines is 1. The van der Waals surface area contributed by atoms with Gasteiger partial charge in [0.2, 0.25) is 0 Å². The van der Waals surface area contributed by atoms with E-state index in [1.807, 2.05) is 26.0 Å². The summed E-state index contributed by atoms with van der Waals surface area (Å²) in [6.45, 7) is 3.93. The van der Waals surface area contributed by atoms with E-state index in [0.29, 0.717) is 28.0 Å². The number of halogens is 3. The zero-order chi connectivity index (χ0) is 22.2. The van der Waals surface area contributed by atoms with E-state index in [1.165, 1.54) is 6.07 Å². The lowest BCUT2D eigenvalue weighted by Gasteiger charge is -2.10. The fourth-order valence-electron chi connectivity index (χ4n) is 3.32. The van der Waals surface area contributed by atoms with Gasteiger partial charge in [-0.3, -0.25) is 4.79 Å². The molecule has 4 rings (SSSR count). The van der Waals surface area contributed by atoms with Crippen LogP contribution in [-0.2, 0) is 6.18 Å². The topological polar surface area (TPSA) is 42.0 Å². The molecular formula is C25H19F3N2O. The van der Waals surface area contributed by atoms with Crippen LogP contribution in [0.25, 0.3) is 22.0 Å². The second-order valence-electron chi connectivity index (χ2n) is 7.44. The molecule has 3 aromatic carbocycles. The Morgan fingerprint density at radius 3 is 2.35 bits per heavy atom. The SMILES string of the molecule is Cc1ccc(C(=O)Nc2ccc3cc(-c4cccc(C(F)(F)F)c4)ccc3n2)cc1C. The van der Waals surface area contributed by atoms with E-state index in [1.54, 1.807) is 42.5 Å². The van der Waals surface area contributed by atoms with Crippen molar-refractivity contribution in [3.63, 3.8) is 0 Å². The normalized spacial score (nSPS) is 11.5. The molecule has 4 aromatic rings. The minimum atomic E-state index is -4.39. The number of carbonyl (C=O) groups is 1. The Morgan fingerprint density at radius 1 is 0.839 bits per heavy atom. The Bertz CT molecular complexity index is 1300. The van der Waals surface area contributed by atoms with Gasteiger partial charge < -0.3 is 5.32 Å². The average molecular weight is 420 g/mol. The van der Waals surface area contributed by atoms with E-state index < -0.39 is 11.7 Å². The van der Waals surface area contributed by atoms with Crippen molar-refractivity contribution in [1.82, 2.24) is 4.98 Å². The van der Waals surface area contributed by atoms with Crippen LogP contribution in [-0.4, -0.2) is 10.9 Å². The maximum atomic E-state index is 13.0. The van der Waals surface area contributed by atoms with Crippen LogP contribution in [0.4, 0.5) is 19.0 Å². The highest BCUT2D eigenvalue weighted by Crippen LogP contribution is 2.33. The van der Waals surface area contributed by atoms with Crippen molar-refractivity contribution in [3.8, 4) is 11.1 Å². The minimum Gasteiger partial charge on any atom is -0.307 e. The van der Waals surface area contributed by atoms with Gasteiger partial charge in [0.1, 0.15) is 5.82 Å². The van der Waals surface area contributed by atoms with Gasteiger partial charge in [0.05, 0.1) is 11.1 Å². The van der Waals surface area contributed by atoms with E-state index in [4.69, 9.17) is 0 Å². The third-order valence-corrected chi connectivity index (χ3v) is 5.22. The third kappa shape index (κ3) is 4.43. The van der Waals surface area contributed by atoms with Crippen LogP contribution in [0, 0.1) is 13.8 Å². The van der Waals surface area contributed by atoms with Gasteiger partial charge in [0.25, 0.3) is 5.91 Å². The molecule has 0 aliphatic carbocycles. The van der Waals surface area contributed by atoms with Gasteiger partial charge in [-0.2, -0.15) is 13.2 Å². The lowest BCUT2D eigenvalue weighted by molar-refractivity contribution is -0.137. The molecule has 156 valence electrons. The molecule has 6 heteroatoms. The summed E-state index contributed by atoms with van der Waals surface area (Å²) in [5.41, 5.74) is 3.76. The van der Waals surface area contributed by atoms with E-state index in [-0.39, 0.29) is 5.91 Å². The summed E-state index contributed by atoms with van der Waals surface area (Å²) in [5.74, 6) is 0.151. The first-order chi connectivity index (χ1) is 14.7. The second kappa shape index (κ2) is 7.87. The van der Waals surface area contributed by atoms with Crippen molar-refractivity contribution in [3.05, 3.63) is 95.1 Å².